The van der Waals surface area contributed by atoms with E-state index in [0.29, 0.717) is 11.8 Å². The zero-order chi connectivity index (χ0) is 15.7. The molecule has 1 N–H and O–H groups in total. The Bertz CT molecular complexity index is 659. The Hall–Kier alpha value is -1.87. The lowest BCUT2D eigenvalue weighted by atomic mass is 9.63. The minimum Gasteiger partial charge on any atom is -0.481 e. The van der Waals surface area contributed by atoms with Crippen molar-refractivity contribution in [3.63, 3.8) is 0 Å². The van der Waals surface area contributed by atoms with Crippen LogP contribution >= 0.6 is 0 Å². The van der Waals surface area contributed by atoms with E-state index >= 15 is 0 Å². The second kappa shape index (κ2) is 5.73. The van der Waals surface area contributed by atoms with Gasteiger partial charge in [0.2, 0.25) is 5.88 Å². The Morgan fingerprint density at radius 2 is 2.32 bits per heavy atom. The van der Waals surface area contributed by atoms with E-state index in [4.69, 9.17) is 9.72 Å². The highest BCUT2D eigenvalue weighted by Gasteiger charge is 2.46. The first-order valence-electron chi connectivity index (χ1n) is 7.89. The van der Waals surface area contributed by atoms with Crippen LogP contribution in [0.25, 0.3) is 0 Å². The molecule has 3 heteroatoms. The van der Waals surface area contributed by atoms with Crippen LogP contribution in [0.3, 0.4) is 0 Å². The third-order valence-corrected chi connectivity index (χ3v) is 4.81. The Labute approximate surface area is 132 Å². The van der Waals surface area contributed by atoms with E-state index in [-0.39, 0.29) is 5.54 Å². The highest BCUT2D eigenvalue weighted by atomic mass is 16.5. The van der Waals surface area contributed by atoms with E-state index in [1.807, 2.05) is 12.1 Å². The Kier molecular flexibility index (Phi) is 3.92. The van der Waals surface area contributed by atoms with Gasteiger partial charge < -0.3 is 10.1 Å². The van der Waals surface area contributed by atoms with E-state index in [2.05, 4.69) is 44.0 Å². The summed E-state index contributed by atoms with van der Waals surface area (Å²) in [7, 11) is 1.67. The minimum absolute atomic E-state index is 0.153. The summed E-state index contributed by atoms with van der Waals surface area (Å²) in [5.41, 5.74) is 5.18. The number of methoxy groups -OCH3 is 1. The van der Waals surface area contributed by atoms with Gasteiger partial charge in [0, 0.05) is 24.9 Å². The number of ether oxygens (including phenoxy) is 1. The van der Waals surface area contributed by atoms with Crippen molar-refractivity contribution in [1.29, 1.82) is 0 Å². The molecule has 2 bridgehead atoms. The van der Waals surface area contributed by atoms with Gasteiger partial charge in [0.15, 0.2) is 0 Å². The summed E-state index contributed by atoms with van der Waals surface area (Å²) in [6.07, 6.45) is 8.53. The molecule has 3 nitrogen and oxygen atoms in total. The Morgan fingerprint density at radius 3 is 3.00 bits per heavy atom. The van der Waals surface area contributed by atoms with Crippen molar-refractivity contribution in [3.8, 4) is 5.88 Å². The summed E-state index contributed by atoms with van der Waals surface area (Å²) in [5.74, 6) is 1.11. The van der Waals surface area contributed by atoms with Gasteiger partial charge in [0.25, 0.3) is 0 Å². The van der Waals surface area contributed by atoms with Crippen LogP contribution in [0, 0.1) is 5.92 Å². The molecule has 22 heavy (non-hydrogen) atoms. The summed E-state index contributed by atoms with van der Waals surface area (Å²) in [4.78, 5) is 4.72. The molecule has 1 aromatic rings. The summed E-state index contributed by atoms with van der Waals surface area (Å²) in [6.45, 7) is 9.02. The van der Waals surface area contributed by atoms with Crippen molar-refractivity contribution in [3.05, 3.63) is 59.3 Å². The maximum Gasteiger partial charge on any atom is 0.213 e. The third-order valence-electron chi connectivity index (χ3n) is 4.81. The standard InChI is InChI=1S/C19H24N2O/c1-5-9-20-19-12-13(3)10-14(15(19)6-2)11-17-16(19)7-8-18(21-17)22-4/h5-8,10,14,20H,1,9,11-12H2,2-4H3/b15-6+/t14-,19+/m0/s1. The van der Waals surface area contributed by atoms with Crippen molar-refractivity contribution in [2.45, 2.75) is 32.2 Å². The number of allylic oxidation sites excluding steroid dienone is 2. The summed E-state index contributed by atoms with van der Waals surface area (Å²) >= 11 is 0. The van der Waals surface area contributed by atoms with Crippen LogP contribution in [-0.4, -0.2) is 18.6 Å². The molecule has 116 valence electrons. The molecule has 1 heterocycles. The number of nitrogens with zero attached hydrogens (tertiary/aromatic N) is 1. The first kappa shape index (κ1) is 15.0. The summed E-state index contributed by atoms with van der Waals surface area (Å²) < 4.78 is 5.31. The first-order valence-corrected chi connectivity index (χ1v) is 7.89. The highest BCUT2D eigenvalue weighted by Crippen LogP contribution is 2.49. The van der Waals surface area contributed by atoms with Gasteiger partial charge >= 0.3 is 0 Å². The first-order chi connectivity index (χ1) is 10.6. The molecule has 0 fully saturated rings. The molecule has 1 aromatic heterocycles. The molecule has 2 aliphatic rings. The molecule has 0 spiro atoms. The lowest BCUT2D eigenvalue weighted by Crippen LogP contribution is -2.51. The van der Waals surface area contributed by atoms with Gasteiger partial charge in [-0.05, 0) is 37.5 Å². The maximum atomic E-state index is 5.31. The van der Waals surface area contributed by atoms with Gasteiger partial charge in [0.05, 0.1) is 18.3 Å². The quantitative estimate of drug-likeness (QED) is 0.863. The molecule has 0 unspecified atom stereocenters. The van der Waals surface area contributed by atoms with E-state index in [1.165, 1.54) is 16.7 Å². The fourth-order valence-corrected chi connectivity index (χ4v) is 4.06. The lowest BCUT2D eigenvalue weighted by molar-refractivity contribution is 0.330. The van der Waals surface area contributed by atoms with Crippen molar-refractivity contribution in [1.82, 2.24) is 10.3 Å². The van der Waals surface area contributed by atoms with E-state index in [1.54, 1.807) is 7.11 Å². The molecule has 2 atom stereocenters. The molecule has 0 saturated heterocycles. The van der Waals surface area contributed by atoms with Crippen LogP contribution in [0.4, 0.5) is 0 Å². The fraction of sp³-hybridized carbons (Fsp3) is 0.421. The number of hydrogen-bond donors (Lipinski definition) is 1. The smallest absolute Gasteiger partial charge is 0.213 e. The number of pyridine rings is 1. The largest absolute Gasteiger partial charge is 0.481 e. The number of hydrogen-bond acceptors (Lipinski definition) is 3. The van der Waals surface area contributed by atoms with E-state index < -0.39 is 0 Å². The number of fused-ring (bicyclic) bond motifs is 4. The van der Waals surface area contributed by atoms with Crippen molar-refractivity contribution in [2.24, 2.45) is 5.92 Å². The van der Waals surface area contributed by atoms with Gasteiger partial charge in [-0.3, -0.25) is 0 Å². The zero-order valence-electron chi connectivity index (χ0n) is 13.6. The molecule has 0 aliphatic heterocycles. The zero-order valence-corrected chi connectivity index (χ0v) is 13.6. The van der Waals surface area contributed by atoms with Gasteiger partial charge in [0.1, 0.15) is 0 Å². The molecular formula is C19H24N2O. The SMILES string of the molecule is C=CCN[C@@]12CC(C)=C[C@@H](Cc3nc(OC)ccc31)/C2=C\C. The maximum absolute atomic E-state index is 5.31. The topological polar surface area (TPSA) is 34.2 Å². The van der Waals surface area contributed by atoms with Crippen molar-refractivity contribution in [2.75, 3.05) is 13.7 Å². The number of nitrogens with one attached hydrogen (secondary N) is 1. The van der Waals surface area contributed by atoms with Crippen LogP contribution in [0.1, 0.15) is 31.5 Å². The average Bonchev–Trinajstić information content (AvgIpc) is 2.51. The molecule has 0 saturated carbocycles. The molecule has 3 rings (SSSR count). The molecule has 0 radical (unpaired) electrons. The molecule has 0 amide bonds. The van der Waals surface area contributed by atoms with Gasteiger partial charge in [-0.15, -0.1) is 6.58 Å². The van der Waals surface area contributed by atoms with E-state index in [9.17, 15) is 0 Å². The van der Waals surface area contributed by atoms with Crippen LogP contribution in [-0.2, 0) is 12.0 Å². The monoisotopic (exact) mass is 296 g/mol. The lowest BCUT2D eigenvalue weighted by Gasteiger charge is -2.48. The van der Waals surface area contributed by atoms with Crippen LogP contribution < -0.4 is 10.1 Å². The van der Waals surface area contributed by atoms with Crippen LogP contribution in [0.5, 0.6) is 5.88 Å². The normalized spacial score (nSPS) is 28.0. The number of rotatable bonds is 4. The Morgan fingerprint density at radius 1 is 1.50 bits per heavy atom. The van der Waals surface area contributed by atoms with Crippen molar-refractivity contribution < 1.29 is 4.74 Å². The second-order valence-electron chi connectivity index (χ2n) is 6.17. The highest BCUT2D eigenvalue weighted by molar-refractivity contribution is 5.50. The predicted molar refractivity (Wildman–Crippen MR) is 90.0 cm³/mol. The summed E-state index contributed by atoms with van der Waals surface area (Å²) in [6, 6.07) is 4.15. The van der Waals surface area contributed by atoms with Gasteiger partial charge in [-0.1, -0.05) is 23.8 Å². The van der Waals surface area contributed by atoms with Crippen LogP contribution in [0.2, 0.25) is 0 Å². The third kappa shape index (κ3) is 2.20. The second-order valence-corrected chi connectivity index (χ2v) is 6.17. The molecule has 0 aromatic carbocycles. The van der Waals surface area contributed by atoms with Gasteiger partial charge in [-0.25, -0.2) is 4.98 Å². The van der Waals surface area contributed by atoms with Crippen molar-refractivity contribution >= 4 is 0 Å². The minimum atomic E-state index is -0.153. The molecule has 2 aliphatic carbocycles. The Balaban J connectivity index is 2.19. The summed E-state index contributed by atoms with van der Waals surface area (Å²) in [5, 5.41) is 3.73. The average molecular weight is 296 g/mol. The van der Waals surface area contributed by atoms with Gasteiger partial charge in [-0.2, -0.15) is 0 Å². The van der Waals surface area contributed by atoms with Crippen LogP contribution in [0.15, 0.2) is 48.1 Å². The molecular weight excluding hydrogens is 272 g/mol. The fourth-order valence-electron chi connectivity index (χ4n) is 4.06. The van der Waals surface area contributed by atoms with E-state index in [0.717, 1.165) is 25.1 Å². The predicted octanol–water partition coefficient (Wildman–Crippen LogP) is 3.53. The number of aromatic nitrogens is 1.